The van der Waals surface area contributed by atoms with E-state index in [0.717, 1.165) is 38.3 Å². The molecule has 3 aliphatic rings. The van der Waals surface area contributed by atoms with Gasteiger partial charge in [0, 0.05) is 26.2 Å². The maximum atomic E-state index is 12.5. The van der Waals surface area contributed by atoms with Crippen LogP contribution in [0.15, 0.2) is 0 Å². The van der Waals surface area contributed by atoms with Crippen molar-refractivity contribution in [2.24, 2.45) is 5.92 Å². The number of rotatable bonds is 3. The van der Waals surface area contributed by atoms with Crippen LogP contribution in [0.4, 0.5) is 0 Å². The smallest absolute Gasteiger partial charge is 0.239 e. The Labute approximate surface area is 128 Å². The highest BCUT2D eigenvalue weighted by molar-refractivity contribution is 5.85. The van der Waals surface area contributed by atoms with Gasteiger partial charge in [-0.05, 0) is 38.0 Å². The van der Waals surface area contributed by atoms with E-state index < -0.39 is 0 Å². The minimum Gasteiger partial charge on any atom is -0.376 e. The van der Waals surface area contributed by atoms with E-state index >= 15 is 0 Å². The summed E-state index contributed by atoms with van der Waals surface area (Å²) in [5.74, 6) is 1.00. The Morgan fingerprint density at radius 3 is 2.75 bits per heavy atom. The first kappa shape index (κ1) is 16.1. The molecule has 4 unspecified atom stereocenters. The predicted octanol–water partition coefficient (Wildman–Crippen LogP) is 1.97. The van der Waals surface area contributed by atoms with Gasteiger partial charge in [0.05, 0.1) is 12.1 Å². The molecule has 4 atom stereocenters. The second-order valence-electron chi connectivity index (χ2n) is 6.46. The summed E-state index contributed by atoms with van der Waals surface area (Å²) in [6.07, 6.45) is 8.76. The maximum absolute atomic E-state index is 12.5. The lowest BCUT2D eigenvalue weighted by Gasteiger charge is -2.25. The van der Waals surface area contributed by atoms with Crippen molar-refractivity contribution < 1.29 is 9.53 Å². The van der Waals surface area contributed by atoms with Gasteiger partial charge in [-0.2, -0.15) is 0 Å². The van der Waals surface area contributed by atoms with Gasteiger partial charge in [-0.1, -0.05) is 12.8 Å². The molecule has 2 saturated heterocycles. The number of likely N-dealkylation sites (N-methyl/N-ethyl adjacent to an activating group) is 1. The summed E-state index contributed by atoms with van der Waals surface area (Å²) in [5, 5.41) is 3.57. The first-order chi connectivity index (χ1) is 9.24. The normalized spacial score (nSPS) is 36.2. The van der Waals surface area contributed by atoms with Crippen LogP contribution < -0.4 is 5.32 Å². The molecule has 1 amide bonds. The summed E-state index contributed by atoms with van der Waals surface area (Å²) in [7, 11) is 1.92. The van der Waals surface area contributed by atoms with E-state index in [-0.39, 0.29) is 30.5 Å². The van der Waals surface area contributed by atoms with Crippen molar-refractivity contribution in [3.8, 4) is 0 Å². The molecule has 2 heterocycles. The van der Waals surface area contributed by atoms with Crippen LogP contribution in [0.2, 0.25) is 0 Å². The number of nitrogens with zero attached hydrogens (tertiary/aromatic N) is 1. The zero-order chi connectivity index (χ0) is 13.2. The Balaban J connectivity index is 0.00000147. The molecule has 0 spiro atoms. The minimum absolute atomic E-state index is 0. The van der Waals surface area contributed by atoms with Gasteiger partial charge >= 0.3 is 0 Å². The molecule has 3 rings (SSSR count). The molecular weight excluding hydrogens is 276 g/mol. The van der Waals surface area contributed by atoms with E-state index in [0.29, 0.717) is 6.04 Å². The number of amides is 1. The van der Waals surface area contributed by atoms with Crippen LogP contribution in [-0.4, -0.2) is 49.2 Å². The predicted molar refractivity (Wildman–Crippen MR) is 81.1 cm³/mol. The number of hydrogen-bond acceptors (Lipinski definition) is 3. The summed E-state index contributed by atoms with van der Waals surface area (Å²) in [5.41, 5.74) is 0. The van der Waals surface area contributed by atoms with E-state index in [1.807, 2.05) is 11.9 Å². The standard InChI is InChI=1S/C15H26N2O2.ClH/c1-17(10-12-6-4-8-19-12)15(18)14-9-11-5-2-3-7-13(11)16-14;/h11-14,16H,2-10H2,1H3;1H. The quantitative estimate of drug-likeness (QED) is 0.866. The molecule has 0 bridgehead atoms. The topological polar surface area (TPSA) is 41.6 Å². The van der Waals surface area contributed by atoms with E-state index in [1.54, 1.807) is 0 Å². The van der Waals surface area contributed by atoms with Gasteiger partial charge in [0.1, 0.15) is 0 Å². The second kappa shape index (κ2) is 7.10. The first-order valence-corrected chi connectivity index (χ1v) is 7.86. The molecule has 1 aliphatic carbocycles. The molecule has 0 aromatic rings. The fourth-order valence-corrected chi connectivity index (χ4v) is 3.96. The summed E-state index contributed by atoms with van der Waals surface area (Å²) in [4.78, 5) is 14.4. The van der Waals surface area contributed by atoms with Crippen LogP contribution in [0.1, 0.15) is 44.9 Å². The summed E-state index contributed by atoms with van der Waals surface area (Å²) in [6.45, 7) is 1.62. The molecule has 3 fully saturated rings. The van der Waals surface area contributed by atoms with Crippen LogP contribution in [0.5, 0.6) is 0 Å². The van der Waals surface area contributed by atoms with Gasteiger partial charge in [-0.25, -0.2) is 0 Å². The molecule has 1 saturated carbocycles. The lowest BCUT2D eigenvalue weighted by molar-refractivity contribution is -0.133. The largest absolute Gasteiger partial charge is 0.376 e. The molecule has 1 N–H and O–H groups in total. The Hall–Kier alpha value is -0.320. The Morgan fingerprint density at radius 1 is 1.25 bits per heavy atom. The Morgan fingerprint density at radius 2 is 2.05 bits per heavy atom. The molecule has 20 heavy (non-hydrogen) atoms. The number of nitrogens with one attached hydrogen (secondary N) is 1. The lowest BCUT2D eigenvalue weighted by atomic mass is 9.85. The third-order valence-electron chi connectivity index (χ3n) is 5.04. The van der Waals surface area contributed by atoms with Gasteiger partial charge in [-0.3, -0.25) is 4.79 Å². The van der Waals surface area contributed by atoms with Crippen molar-refractivity contribution in [1.82, 2.24) is 10.2 Å². The van der Waals surface area contributed by atoms with E-state index in [2.05, 4.69) is 5.32 Å². The zero-order valence-corrected chi connectivity index (χ0v) is 13.2. The SMILES string of the molecule is CN(CC1CCCO1)C(=O)C1CC2CCCCC2N1.Cl. The van der Waals surface area contributed by atoms with Crippen LogP contribution in [0.25, 0.3) is 0 Å². The average molecular weight is 303 g/mol. The molecular formula is C15H27ClN2O2. The molecule has 4 nitrogen and oxygen atoms in total. The van der Waals surface area contributed by atoms with Crippen LogP contribution >= 0.6 is 12.4 Å². The Bertz CT molecular complexity index is 320. The number of ether oxygens (including phenoxy) is 1. The number of fused-ring (bicyclic) bond motifs is 1. The number of hydrogen-bond donors (Lipinski definition) is 1. The van der Waals surface area contributed by atoms with Crippen LogP contribution in [-0.2, 0) is 9.53 Å². The summed E-state index contributed by atoms with van der Waals surface area (Å²) >= 11 is 0. The van der Waals surface area contributed by atoms with Crippen molar-refractivity contribution in [1.29, 1.82) is 0 Å². The summed E-state index contributed by atoms with van der Waals surface area (Å²) in [6, 6.07) is 0.651. The molecule has 0 aromatic heterocycles. The fourth-order valence-electron chi connectivity index (χ4n) is 3.96. The summed E-state index contributed by atoms with van der Waals surface area (Å²) < 4.78 is 5.62. The van der Waals surface area contributed by atoms with E-state index in [9.17, 15) is 4.79 Å². The molecule has 0 aromatic carbocycles. The number of halogens is 1. The average Bonchev–Trinajstić information content (AvgIpc) is 3.05. The Kier molecular flexibility index (Phi) is 5.70. The third kappa shape index (κ3) is 3.46. The first-order valence-electron chi connectivity index (χ1n) is 7.86. The number of carbonyl (C=O) groups is 1. The van der Waals surface area contributed by atoms with Gasteiger partial charge in [0.2, 0.25) is 5.91 Å². The highest BCUT2D eigenvalue weighted by Crippen LogP contribution is 2.33. The van der Waals surface area contributed by atoms with E-state index in [1.165, 1.54) is 25.7 Å². The number of carbonyl (C=O) groups excluding carboxylic acids is 1. The molecule has 2 aliphatic heterocycles. The maximum Gasteiger partial charge on any atom is 0.239 e. The highest BCUT2D eigenvalue weighted by Gasteiger charge is 2.39. The minimum atomic E-state index is 0. The van der Waals surface area contributed by atoms with Gasteiger partial charge < -0.3 is 15.0 Å². The zero-order valence-electron chi connectivity index (χ0n) is 12.3. The second-order valence-corrected chi connectivity index (χ2v) is 6.46. The van der Waals surface area contributed by atoms with Crippen LogP contribution in [0, 0.1) is 5.92 Å². The van der Waals surface area contributed by atoms with Crippen molar-refractivity contribution in [3.05, 3.63) is 0 Å². The van der Waals surface area contributed by atoms with Crippen LogP contribution in [0.3, 0.4) is 0 Å². The third-order valence-corrected chi connectivity index (χ3v) is 5.04. The molecule has 5 heteroatoms. The highest BCUT2D eigenvalue weighted by atomic mass is 35.5. The van der Waals surface area contributed by atoms with E-state index in [4.69, 9.17) is 4.74 Å². The van der Waals surface area contributed by atoms with Gasteiger partial charge in [0.15, 0.2) is 0 Å². The fraction of sp³-hybridized carbons (Fsp3) is 0.933. The van der Waals surface area contributed by atoms with Crippen molar-refractivity contribution in [3.63, 3.8) is 0 Å². The van der Waals surface area contributed by atoms with Crippen molar-refractivity contribution in [2.75, 3.05) is 20.2 Å². The lowest BCUT2D eigenvalue weighted by Crippen LogP contribution is -2.46. The molecule has 0 radical (unpaired) electrons. The van der Waals surface area contributed by atoms with Gasteiger partial charge in [-0.15, -0.1) is 12.4 Å². The van der Waals surface area contributed by atoms with Crippen molar-refractivity contribution >= 4 is 18.3 Å². The molecule has 116 valence electrons. The van der Waals surface area contributed by atoms with Gasteiger partial charge in [0.25, 0.3) is 0 Å². The monoisotopic (exact) mass is 302 g/mol. The van der Waals surface area contributed by atoms with Crippen molar-refractivity contribution in [2.45, 2.75) is 63.1 Å².